The molecule has 2 rings (SSSR count). The lowest BCUT2D eigenvalue weighted by Gasteiger charge is -2.20. The molecule has 0 aliphatic heterocycles. The van der Waals surface area contributed by atoms with Crippen molar-refractivity contribution >= 4 is 34.5 Å². The number of carbonyl (C=O) groups is 4. The highest BCUT2D eigenvalue weighted by atomic mass is 19.4. The summed E-state index contributed by atoms with van der Waals surface area (Å²) in [5.41, 5.74) is -8.02. The number of carbonyl (C=O) groups excluding carboxylic acids is 4. The van der Waals surface area contributed by atoms with E-state index in [9.17, 15) is 83.3 Å². The van der Waals surface area contributed by atoms with Crippen molar-refractivity contribution in [2.75, 3.05) is 6.61 Å². The van der Waals surface area contributed by atoms with E-state index in [2.05, 4.69) is 0 Å². The van der Waals surface area contributed by atoms with Gasteiger partial charge < -0.3 is 4.74 Å². The topological polar surface area (TPSA) is 164 Å². The van der Waals surface area contributed by atoms with Gasteiger partial charge in [-0.15, -0.1) is 0 Å². The number of rotatable bonds is 12. The van der Waals surface area contributed by atoms with Crippen LogP contribution in [0.2, 0.25) is 0 Å². The molecule has 0 unspecified atom stereocenters. The molecule has 0 heterocycles. The van der Waals surface area contributed by atoms with Crippen LogP contribution in [0.15, 0.2) is 48.2 Å². The molecule has 0 aromatic heterocycles. The molecule has 0 fully saturated rings. The van der Waals surface area contributed by atoms with Crippen molar-refractivity contribution in [1.29, 1.82) is 0 Å². The number of nitro benzene ring substituents is 2. The summed E-state index contributed by atoms with van der Waals surface area (Å²) in [5, 5.41) is 21.8. The van der Waals surface area contributed by atoms with Gasteiger partial charge in [-0.1, -0.05) is 12.1 Å². The molecule has 0 N–H and O–H groups in total. The maximum Gasteiger partial charge on any atom is 0.458 e. The zero-order valence-corrected chi connectivity index (χ0v) is 24.3. The second-order valence-electron chi connectivity index (χ2n) is 9.30. The first-order valence-corrected chi connectivity index (χ1v) is 12.6. The predicted octanol–water partition coefficient (Wildman–Crippen LogP) is 7.35. The Bertz CT molecular complexity index is 1650. The van der Waals surface area contributed by atoms with Gasteiger partial charge in [0.05, 0.1) is 40.3 Å². The Hall–Kier alpha value is -5.24. The third-order valence-corrected chi connectivity index (χ3v) is 5.77. The number of hydrogen-bond acceptors (Lipinski definition) is 9. The molecular weight excluding hydrogens is 686 g/mol. The second-order valence-corrected chi connectivity index (χ2v) is 9.30. The Morgan fingerprint density at radius 2 is 1.12 bits per heavy atom. The Kier molecular flexibility index (Phi) is 12.8. The van der Waals surface area contributed by atoms with Gasteiger partial charge in [-0.2, -0.15) is 43.9 Å². The molecule has 0 amide bonds. The molecule has 0 aliphatic rings. The molecule has 0 saturated heterocycles. The van der Waals surface area contributed by atoms with Crippen LogP contribution >= 0.6 is 0 Å². The number of ether oxygens (including phenoxy) is 1. The molecule has 21 heteroatoms. The molecule has 11 nitrogen and oxygen atoms in total. The molecular formula is C27H20F10N2O9. The molecule has 0 atom stereocenters. The van der Waals surface area contributed by atoms with Crippen molar-refractivity contribution in [2.45, 2.75) is 51.4 Å². The quantitative estimate of drug-likeness (QED) is 0.0321. The van der Waals surface area contributed by atoms with Gasteiger partial charge in [0, 0.05) is 23.3 Å². The van der Waals surface area contributed by atoms with Crippen molar-refractivity contribution in [2.24, 2.45) is 0 Å². The van der Waals surface area contributed by atoms with Crippen LogP contribution in [-0.2, 0) is 26.2 Å². The summed E-state index contributed by atoms with van der Waals surface area (Å²) in [6.45, 7) is 3.56. The minimum Gasteiger partial charge on any atom is -0.501 e. The summed E-state index contributed by atoms with van der Waals surface area (Å²) in [6.07, 6.45) is -11.9. The predicted molar refractivity (Wildman–Crippen MR) is 140 cm³/mol. The monoisotopic (exact) mass is 706 g/mol. The minimum absolute atomic E-state index is 0.0130. The Balaban J connectivity index is 0.000000487. The van der Waals surface area contributed by atoms with E-state index in [4.69, 9.17) is 4.74 Å². The minimum atomic E-state index is -5.98. The lowest BCUT2D eigenvalue weighted by atomic mass is 9.97. The zero-order valence-electron chi connectivity index (χ0n) is 24.3. The van der Waals surface area contributed by atoms with Crippen molar-refractivity contribution in [3.63, 3.8) is 0 Å². The van der Waals surface area contributed by atoms with Crippen LogP contribution < -0.4 is 0 Å². The first-order valence-electron chi connectivity index (χ1n) is 12.6. The highest BCUT2D eigenvalue weighted by molar-refractivity contribution is 6.26. The molecule has 2 aromatic rings. The largest absolute Gasteiger partial charge is 0.501 e. The van der Waals surface area contributed by atoms with Crippen LogP contribution in [0.4, 0.5) is 55.3 Å². The summed E-state index contributed by atoms with van der Waals surface area (Å²) in [7, 11) is 0. The van der Waals surface area contributed by atoms with E-state index in [1.54, 1.807) is 0 Å². The highest BCUT2D eigenvalue weighted by Gasteiger charge is 2.60. The molecule has 48 heavy (non-hydrogen) atoms. The number of ketones is 4. The first kappa shape index (κ1) is 40.8. The number of allylic oxidation sites excluding steroid dienone is 1. The van der Waals surface area contributed by atoms with Crippen molar-refractivity contribution in [3.05, 3.63) is 90.7 Å². The van der Waals surface area contributed by atoms with Crippen LogP contribution in [0.3, 0.4) is 0 Å². The fraction of sp³-hybridized carbons (Fsp3) is 0.333. The molecule has 0 aliphatic carbocycles. The third-order valence-electron chi connectivity index (χ3n) is 5.77. The van der Waals surface area contributed by atoms with E-state index in [1.807, 2.05) is 0 Å². The van der Waals surface area contributed by atoms with E-state index < -0.39 is 103 Å². The maximum absolute atomic E-state index is 13.4. The van der Waals surface area contributed by atoms with Gasteiger partial charge in [-0.05, 0) is 32.9 Å². The summed E-state index contributed by atoms with van der Waals surface area (Å²) < 4.78 is 132. The molecule has 2 aromatic carbocycles. The van der Waals surface area contributed by atoms with Gasteiger partial charge in [0.25, 0.3) is 11.4 Å². The van der Waals surface area contributed by atoms with E-state index in [0.717, 1.165) is 20.1 Å². The van der Waals surface area contributed by atoms with Gasteiger partial charge in [-0.3, -0.25) is 39.4 Å². The van der Waals surface area contributed by atoms with Crippen LogP contribution in [0.25, 0.3) is 0 Å². The van der Waals surface area contributed by atoms with Crippen LogP contribution in [-0.4, -0.2) is 51.9 Å². The number of halogens is 10. The molecule has 0 saturated carbocycles. The number of hydrogen-bond donors (Lipinski definition) is 0. The van der Waals surface area contributed by atoms with E-state index in [1.165, 1.54) is 6.92 Å². The van der Waals surface area contributed by atoms with Gasteiger partial charge in [0.1, 0.15) is 11.3 Å². The number of alkyl halides is 10. The summed E-state index contributed by atoms with van der Waals surface area (Å²) in [4.78, 5) is 65.5. The number of benzene rings is 2. The lowest BCUT2D eigenvalue weighted by Crippen LogP contribution is -2.33. The fourth-order valence-corrected chi connectivity index (χ4v) is 3.44. The van der Waals surface area contributed by atoms with Crippen LogP contribution in [0.1, 0.15) is 59.0 Å². The van der Waals surface area contributed by atoms with E-state index in [-0.39, 0.29) is 30.9 Å². The Morgan fingerprint density at radius 3 is 1.46 bits per heavy atom. The standard InChI is InChI=1S/C15H12F5NO5.C12H8F5NO4/c1-3-26-7-11(8(2)22)13(23)10-5-4-9(6-12(10)21(24)25)14(16,17)15(18,19)20;1-6(19)4-10(20)8-3-2-7(5-9(8)18(21)22)11(13,14)12(15,16)17/h4-7H,3H2,1-2H3;2-3,5H,4H2,1H3. The average Bonchev–Trinajstić information content (AvgIpc) is 2.95. The molecule has 262 valence electrons. The third kappa shape index (κ3) is 9.41. The summed E-state index contributed by atoms with van der Waals surface area (Å²) in [5.74, 6) is -14.4. The smallest absolute Gasteiger partial charge is 0.458 e. The van der Waals surface area contributed by atoms with E-state index >= 15 is 0 Å². The number of nitro groups is 2. The highest BCUT2D eigenvalue weighted by Crippen LogP contribution is 2.46. The number of nitrogens with zero attached hydrogens (tertiary/aromatic N) is 2. The Labute approximate surface area is 261 Å². The normalized spacial score (nSPS) is 12.4. The van der Waals surface area contributed by atoms with Gasteiger partial charge >= 0.3 is 24.2 Å². The fourth-order valence-electron chi connectivity index (χ4n) is 3.44. The lowest BCUT2D eigenvalue weighted by molar-refractivity contribution is -0.385. The number of Topliss-reactive ketones (excluding diaryl/α,β-unsaturated/α-hetero) is 4. The molecule has 0 bridgehead atoms. The van der Waals surface area contributed by atoms with E-state index in [0.29, 0.717) is 12.1 Å². The van der Waals surface area contributed by atoms with Crippen LogP contribution in [0, 0.1) is 20.2 Å². The second kappa shape index (κ2) is 15.1. The van der Waals surface area contributed by atoms with Gasteiger partial charge in [0.15, 0.2) is 11.6 Å². The molecule has 0 radical (unpaired) electrons. The zero-order chi connectivity index (χ0) is 37.6. The van der Waals surface area contributed by atoms with Gasteiger partial charge in [0.2, 0.25) is 5.78 Å². The maximum atomic E-state index is 13.4. The van der Waals surface area contributed by atoms with Gasteiger partial charge in [-0.25, -0.2) is 0 Å². The van der Waals surface area contributed by atoms with Crippen molar-refractivity contribution in [3.8, 4) is 0 Å². The average molecular weight is 706 g/mol. The van der Waals surface area contributed by atoms with Crippen molar-refractivity contribution in [1.82, 2.24) is 0 Å². The van der Waals surface area contributed by atoms with Crippen molar-refractivity contribution < 1.29 is 77.7 Å². The molecule has 0 spiro atoms. The first-order chi connectivity index (χ1) is 21.7. The SMILES string of the molecule is CC(=O)CC(=O)c1ccc(C(F)(F)C(F)(F)F)cc1[N+](=O)[O-].CCOC=C(C(C)=O)C(=O)c1ccc(C(F)(F)C(F)(F)F)cc1[N+](=O)[O-]. The van der Waals surface area contributed by atoms with Crippen LogP contribution in [0.5, 0.6) is 0 Å². The summed E-state index contributed by atoms with van der Waals surface area (Å²) >= 11 is 0. The summed E-state index contributed by atoms with van der Waals surface area (Å²) in [6, 6.07) is 1.39. The Morgan fingerprint density at radius 1 is 0.729 bits per heavy atom.